The maximum Gasteiger partial charge on any atom is 0.433 e. The molecule has 9 heteroatoms. The Morgan fingerprint density at radius 3 is 2.74 bits per heavy atom. The summed E-state index contributed by atoms with van der Waals surface area (Å²) in [6, 6.07) is 5.90. The van der Waals surface area contributed by atoms with E-state index in [0.717, 1.165) is 29.6 Å². The Morgan fingerprint density at radius 1 is 1.35 bits per heavy atom. The van der Waals surface area contributed by atoms with Gasteiger partial charge in [0.15, 0.2) is 5.16 Å². The van der Waals surface area contributed by atoms with E-state index in [-0.39, 0.29) is 10.9 Å². The number of anilines is 1. The van der Waals surface area contributed by atoms with Gasteiger partial charge in [-0.3, -0.25) is 4.79 Å². The van der Waals surface area contributed by atoms with Crippen molar-refractivity contribution < 1.29 is 18.0 Å². The number of nitrogens with zero attached hydrogens (tertiary/aromatic N) is 2. The summed E-state index contributed by atoms with van der Waals surface area (Å²) < 4.78 is 37.6. The van der Waals surface area contributed by atoms with Crippen LogP contribution in [0.4, 0.5) is 18.9 Å². The first-order chi connectivity index (χ1) is 10.8. The van der Waals surface area contributed by atoms with Crippen LogP contribution in [0.3, 0.4) is 0 Å². The van der Waals surface area contributed by atoms with Gasteiger partial charge in [0.2, 0.25) is 5.91 Å². The minimum atomic E-state index is -4.55. The third kappa shape index (κ3) is 5.11. The first kappa shape index (κ1) is 17.6. The Kier molecular flexibility index (Phi) is 5.48. The average molecular weight is 362 g/mol. The number of hydrogen-bond acceptors (Lipinski definition) is 4. The number of halogens is 4. The molecule has 0 saturated heterocycles. The van der Waals surface area contributed by atoms with Crippen molar-refractivity contribution in [2.24, 2.45) is 0 Å². The number of carbonyl (C=O) groups is 1. The van der Waals surface area contributed by atoms with Gasteiger partial charge in [0, 0.05) is 6.20 Å². The Hall–Kier alpha value is -1.80. The number of benzene rings is 1. The minimum Gasteiger partial charge on any atom is -0.324 e. The molecule has 1 N–H and O–H groups in total. The highest BCUT2D eigenvalue weighted by Gasteiger charge is 2.32. The number of nitrogens with one attached hydrogen (secondary N) is 1. The monoisotopic (exact) mass is 361 g/mol. The Bertz CT molecular complexity index is 725. The largest absolute Gasteiger partial charge is 0.433 e. The summed E-state index contributed by atoms with van der Waals surface area (Å²) in [5.41, 5.74) is 0.338. The molecule has 0 spiro atoms. The van der Waals surface area contributed by atoms with Crippen molar-refractivity contribution in [3.8, 4) is 0 Å². The number of aromatic nitrogens is 2. The molecule has 2 rings (SSSR count). The van der Waals surface area contributed by atoms with Crippen LogP contribution in [0.25, 0.3) is 0 Å². The minimum absolute atomic E-state index is 0.120. The van der Waals surface area contributed by atoms with Crippen molar-refractivity contribution >= 4 is 35.0 Å². The number of amides is 1. The van der Waals surface area contributed by atoms with E-state index in [1.54, 1.807) is 18.2 Å². The molecule has 0 unspecified atom stereocenters. The van der Waals surface area contributed by atoms with Crippen LogP contribution in [0, 0.1) is 6.92 Å². The molecular formula is C14H11ClF3N3OS. The van der Waals surface area contributed by atoms with E-state index >= 15 is 0 Å². The molecule has 1 heterocycles. The van der Waals surface area contributed by atoms with Crippen LogP contribution in [0.15, 0.2) is 35.6 Å². The number of aryl methyl sites for hydroxylation is 1. The van der Waals surface area contributed by atoms with Gasteiger partial charge in [-0.1, -0.05) is 29.4 Å². The molecule has 0 radical (unpaired) electrons. The third-order valence-corrected chi connectivity index (χ3v) is 3.83. The number of alkyl halides is 3. The Labute approximate surface area is 139 Å². The van der Waals surface area contributed by atoms with Crippen molar-refractivity contribution in [1.29, 1.82) is 0 Å². The summed E-state index contributed by atoms with van der Waals surface area (Å²) in [5.74, 6) is -0.548. The van der Waals surface area contributed by atoms with Crippen molar-refractivity contribution in [2.45, 2.75) is 18.3 Å². The van der Waals surface area contributed by atoms with Crippen LogP contribution in [-0.2, 0) is 11.0 Å². The van der Waals surface area contributed by atoms with E-state index < -0.39 is 17.8 Å². The van der Waals surface area contributed by atoms with Crippen LogP contribution in [0.2, 0.25) is 5.02 Å². The third-order valence-electron chi connectivity index (χ3n) is 2.65. The van der Waals surface area contributed by atoms with E-state index in [2.05, 4.69) is 15.3 Å². The van der Waals surface area contributed by atoms with Gasteiger partial charge in [0.25, 0.3) is 0 Å². The number of hydrogen-bond donors (Lipinski definition) is 1. The van der Waals surface area contributed by atoms with Gasteiger partial charge in [0.05, 0.1) is 16.5 Å². The van der Waals surface area contributed by atoms with E-state index in [4.69, 9.17) is 11.6 Å². The molecule has 0 aliphatic rings. The summed E-state index contributed by atoms with van der Waals surface area (Å²) in [5, 5.41) is 2.85. The topological polar surface area (TPSA) is 54.9 Å². The fourth-order valence-corrected chi connectivity index (χ4v) is 2.52. The fraction of sp³-hybridized carbons (Fsp3) is 0.214. The SMILES string of the molecule is Cc1ccc(NC(=O)CSc2nccc(C(F)(F)F)n2)c(Cl)c1. The molecule has 2 aromatic rings. The van der Waals surface area contributed by atoms with E-state index in [1.165, 1.54) is 0 Å². The number of rotatable bonds is 4. The maximum absolute atomic E-state index is 12.5. The zero-order chi connectivity index (χ0) is 17.0. The van der Waals surface area contributed by atoms with Crippen LogP contribution in [0.5, 0.6) is 0 Å². The van der Waals surface area contributed by atoms with Gasteiger partial charge < -0.3 is 5.32 Å². The second-order valence-corrected chi connectivity index (χ2v) is 5.89. The maximum atomic E-state index is 12.5. The molecule has 0 atom stereocenters. The predicted molar refractivity (Wildman–Crippen MR) is 82.6 cm³/mol. The molecule has 0 aliphatic heterocycles. The zero-order valence-corrected chi connectivity index (χ0v) is 13.4. The summed E-state index contributed by atoms with van der Waals surface area (Å²) in [7, 11) is 0. The molecule has 1 aromatic heterocycles. The van der Waals surface area contributed by atoms with E-state index in [1.807, 2.05) is 6.92 Å². The molecule has 122 valence electrons. The molecule has 1 amide bonds. The van der Waals surface area contributed by atoms with Gasteiger partial charge in [-0.25, -0.2) is 9.97 Å². The van der Waals surface area contributed by atoms with Crippen molar-refractivity contribution in [3.05, 3.63) is 46.7 Å². The molecular weight excluding hydrogens is 351 g/mol. The Balaban J connectivity index is 1.97. The lowest BCUT2D eigenvalue weighted by Gasteiger charge is -2.08. The highest BCUT2D eigenvalue weighted by Crippen LogP contribution is 2.28. The number of carbonyl (C=O) groups excluding carboxylic acids is 1. The molecule has 0 saturated carbocycles. The van der Waals surface area contributed by atoms with Gasteiger partial charge in [-0.15, -0.1) is 0 Å². The standard InChI is InChI=1S/C14H11ClF3N3OS/c1-8-2-3-10(9(15)6-8)20-12(22)7-23-13-19-5-4-11(21-13)14(16,17)18/h2-6H,7H2,1H3,(H,20,22). The highest BCUT2D eigenvalue weighted by molar-refractivity contribution is 7.99. The molecule has 4 nitrogen and oxygen atoms in total. The first-order valence-corrected chi connectivity index (χ1v) is 7.71. The van der Waals surface area contributed by atoms with Gasteiger partial charge in [-0.2, -0.15) is 13.2 Å². The summed E-state index contributed by atoms with van der Waals surface area (Å²) in [6.07, 6.45) is -3.54. The summed E-state index contributed by atoms with van der Waals surface area (Å²) in [6.45, 7) is 1.86. The average Bonchev–Trinajstić information content (AvgIpc) is 2.47. The quantitative estimate of drug-likeness (QED) is 0.655. The van der Waals surface area contributed by atoms with Gasteiger partial charge in [0.1, 0.15) is 5.69 Å². The van der Waals surface area contributed by atoms with Crippen LogP contribution >= 0.6 is 23.4 Å². The summed E-state index contributed by atoms with van der Waals surface area (Å²) in [4.78, 5) is 18.9. The second-order valence-electron chi connectivity index (χ2n) is 4.54. The Morgan fingerprint density at radius 2 is 2.09 bits per heavy atom. The second kappa shape index (κ2) is 7.18. The lowest BCUT2D eigenvalue weighted by Crippen LogP contribution is -2.15. The van der Waals surface area contributed by atoms with Crippen molar-refractivity contribution in [1.82, 2.24) is 9.97 Å². The van der Waals surface area contributed by atoms with Gasteiger partial charge >= 0.3 is 6.18 Å². The molecule has 0 fully saturated rings. The highest BCUT2D eigenvalue weighted by atomic mass is 35.5. The van der Waals surface area contributed by atoms with Crippen LogP contribution in [-0.4, -0.2) is 21.6 Å². The van der Waals surface area contributed by atoms with E-state index in [0.29, 0.717) is 10.7 Å². The lowest BCUT2D eigenvalue weighted by atomic mass is 10.2. The lowest BCUT2D eigenvalue weighted by molar-refractivity contribution is -0.141. The van der Waals surface area contributed by atoms with Crippen molar-refractivity contribution in [3.63, 3.8) is 0 Å². The van der Waals surface area contributed by atoms with Crippen molar-refractivity contribution in [2.75, 3.05) is 11.1 Å². The normalized spacial score (nSPS) is 11.3. The molecule has 0 aliphatic carbocycles. The van der Waals surface area contributed by atoms with Crippen LogP contribution < -0.4 is 5.32 Å². The zero-order valence-electron chi connectivity index (χ0n) is 11.8. The van der Waals surface area contributed by atoms with Crippen LogP contribution in [0.1, 0.15) is 11.3 Å². The smallest absolute Gasteiger partial charge is 0.324 e. The van der Waals surface area contributed by atoms with Gasteiger partial charge in [-0.05, 0) is 30.7 Å². The summed E-state index contributed by atoms with van der Waals surface area (Å²) >= 11 is 6.80. The molecule has 23 heavy (non-hydrogen) atoms. The molecule has 0 bridgehead atoms. The predicted octanol–water partition coefficient (Wildman–Crippen LogP) is 4.19. The first-order valence-electron chi connectivity index (χ1n) is 6.35. The van der Waals surface area contributed by atoms with E-state index in [9.17, 15) is 18.0 Å². The molecule has 1 aromatic carbocycles. The number of thioether (sulfide) groups is 1. The fourth-order valence-electron chi connectivity index (χ4n) is 1.61.